The Labute approximate surface area is 136 Å². The summed E-state index contributed by atoms with van der Waals surface area (Å²) in [5.41, 5.74) is 2.36. The van der Waals surface area contributed by atoms with Gasteiger partial charge in [-0.05, 0) is 36.2 Å². The molecule has 0 saturated heterocycles. The van der Waals surface area contributed by atoms with E-state index in [9.17, 15) is 0 Å². The van der Waals surface area contributed by atoms with E-state index in [1.165, 1.54) is 5.56 Å². The molecule has 2 nitrogen and oxygen atoms in total. The number of halogens is 2. The Bertz CT molecular complexity index is 584. The van der Waals surface area contributed by atoms with Gasteiger partial charge in [-0.25, -0.2) is 0 Å². The number of ether oxygens (including phenoxy) is 2. The van der Waals surface area contributed by atoms with E-state index in [1.807, 2.05) is 24.3 Å². The van der Waals surface area contributed by atoms with E-state index in [-0.39, 0.29) is 4.83 Å². The summed E-state index contributed by atoms with van der Waals surface area (Å²) in [6.45, 7) is 0. The van der Waals surface area contributed by atoms with Gasteiger partial charge in [-0.2, -0.15) is 0 Å². The molecule has 1 unspecified atom stereocenters. The number of hydrogen-bond donors (Lipinski definition) is 0. The number of alkyl halides is 1. The lowest BCUT2D eigenvalue weighted by atomic mass is 10.0. The molecule has 0 radical (unpaired) electrons. The van der Waals surface area contributed by atoms with Gasteiger partial charge in [-0.15, -0.1) is 0 Å². The monoisotopic (exact) mass is 398 g/mol. The molecule has 0 saturated carbocycles. The molecular weight excluding hydrogens is 384 g/mol. The van der Waals surface area contributed by atoms with Gasteiger partial charge in [-0.3, -0.25) is 0 Å². The Morgan fingerprint density at radius 2 is 1.85 bits per heavy atom. The fraction of sp³-hybridized carbons (Fsp3) is 0.250. The van der Waals surface area contributed by atoms with Crippen molar-refractivity contribution in [3.63, 3.8) is 0 Å². The molecule has 0 bridgehead atoms. The molecule has 0 aromatic heterocycles. The van der Waals surface area contributed by atoms with Gasteiger partial charge in [0.2, 0.25) is 0 Å². The Balaban J connectivity index is 2.21. The SMILES string of the molecule is COc1cccc(CC(Br)c2ccc(Br)cc2OC)c1. The maximum absolute atomic E-state index is 5.45. The van der Waals surface area contributed by atoms with E-state index in [1.54, 1.807) is 14.2 Å². The summed E-state index contributed by atoms with van der Waals surface area (Å²) in [6, 6.07) is 14.2. The minimum atomic E-state index is 0.192. The minimum Gasteiger partial charge on any atom is -0.497 e. The first-order valence-electron chi connectivity index (χ1n) is 6.24. The zero-order chi connectivity index (χ0) is 14.5. The number of hydrogen-bond acceptors (Lipinski definition) is 2. The molecule has 0 N–H and O–H groups in total. The van der Waals surface area contributed by atoms with E-state index < -0.39 is 0 Å². The maximum atomic E-state index is 5.45. The highest BCUT2D eigenvalue weighted by Gasteiger charge is 2.14. The van der Waals surface area contributed by atoms with E-state index in [0.717, 1.165) is 28.0 Å². The van der Waals surface area contributed by atoms with Crippen LogP contribution in [0, 0.1) is 0 Å². The third-order valence-electron chi connectivity index (χ3n) is 3.08. The summed E-state index contributed by atoms with van der Waals surface area (Å²) in [5, 5.41) is 0. The largest absolute Gasteiger partial charge is 0.497 e. The molecule has 2 rings (SSSR count). The lowest BCUT2D eigenvalue weighted by molar-refractivity contribution is 0.409. The summed E-state index contributed by atoms with van der Waals surface area (Å²) in [7, 11) is 3.37. The van der Waals surface area contributed by atoms with Crippen molar-refractivity contribution in [2.75, 3.05) is 14.2 Å². The molecule has 2 aromatic carbocycles. The summed E-state index contributed by atoms with van der Waals surface area (Å²) < 4.78 is 11.7. The fourth-order valence-corrected chi connectivity index (χ4v) is 3.15. The van der Waals surface area contributed by atoms with Crippen molar-refractivity contribution in [3.05, 3.63) is 58.1 Å². The molecular formula is C16H16Br2O2. The Hall–Kier alpha value is -1.00. The second-order valence-electron chi connectivity index (χ2n) is 4.41. The second kappa shape index (κ2) is 7.14. The van der Waals surface area contributed by atoms with Gasteiger partial charge in [0, 0.05) is 14.9 Å². The molecule has 0 amide bonds. The first-order valence-corrected chi connectivity index (χ1v) is 7.95. The van der Waals surface area contributed by atoms with Gasteiger partial charge >= 0.3 is 0 Å². The number of methoxy groups -OCH3 is 2. The first kappa shape index (κ1) is 15.4. The standard InChI is InChI=1S/C16H16Br2O2/c1-19-13-5-3-4-11(8-13)9-15(18)14-7-6-12(17)10-16(14)20-2/h3-8,10,15H,9H2,1-2H3. The first-order chi connectivity index (χ1) is 9.63. The summed E-state index contributed by atoms with van der Waals surface area (Å²) >= 11 is 7.21. The van der Waals surface area contributed by atoms with Crippen LogP contribution >= 0.6 is 31.9 Å². The number of rotatable bonds is 5. The van der Waals surface area contributed by atoms with E-state index in [2.05, 4.69) is 50.1 Å². The van der Waals surface area contributed by atoms with Gasteiger partial charge in [0.1, 0.15) is 11.5 Å². The van der Waals surface area contributed by atoms with Crippen molar-refractivity contribution >= 4 is 31.9 Å². The second-order valence-corrected chi connectivity index (χ2v) is 6.43. The number of benzene rings is 2. The Morgan fingerprint density at radius 3 is 2.55 bits per heavy atom. The quantitative estimate of drug-likeness (QED) is 0.647. The molecule has 106 valence electrons. The molecule has 2 aromatic rings. The predicted octanol–water partition coefficient (Wildman–Crippen LogP) is 5.15. The lowest BCUT2D eigenvalue weighted by Gasteiger charge is -2.15. The zero-order valence-electron chi connectivity index (χ0n) is 11.4. The van der Waals surface area contributed by atoms with Crippen molar-refractivity contribution in [1.29, 1.82) is 0 Å². The highest BCUT2D eigenvalue weighted by Crippen LogP contribution is 2.35. The predicted molar refractivity (Wildman–Crippen MR) is 89.1 cm³/mol. The van der Waals surface area contributed by atoms with Crippen LogP contribution < -0.4 is 9.47 Å². The van der Waals surface area contributed by atoms with E-state index >= 15 is 0 Å². The smallest absolute Gasteiger partial charge is 0.124 e. The van der Waals surface area contributed by atoms with Crippen LogP contribution in [0.25, 0.3) is 0 Å². The molecule has 0 aliphatic rings. The molecule has 0 aliphatic carbocycles. The highest BCUT2D eigenvalue weighted by atomic mass is 79.9. The fourth-order valence-electron chi connectivity index (χ4n) is 2.06. The van der Waals surface area contributed by atoms with Crippen molar-refractivity contribution < 1.29 is 9.47 Å². The van der Waals surface area contributed by atoms with Crippen molar-refractivity contribution in [2.45, 2.75) is 11.2 Å². The van der Waals surface area contributed by atoms with Crippen LogP contribution in [0.5, 0.6) is 11.5 Å². The van der Waals surface area contributed by atoms with Crippen LogP contribution in [0.4, 0.5) is 0 Å². The maximum Gasteiger partial charge on any atom is 0.124 e. The molecule has 20 heavy (non-hydrogen) atoms. The average Bonchev–Trinajstić information content (AvgIpc) is 2.47. The zero-order valence-corrected chi connectivity index (χ0v) is 14.6. The topological polar surface area (TPSA) is 18.5 Å². The molecule has 0 heterocycles. The molecule has 4 heteroatoms. The van der Waals surface area contributed by atoms with Gasteiger partial charge in [0.25, 0.3) is 0 Å². The van der Waals surface area contributed by atoms with E-state index in [4.69, 9.17) is 9.47 Å². The van der Waals surface area contributed by atoms with Gasteiger partial charge < -0.3 is 9.47 Å². The van der Waals surface area contributed by atoms with Crippen molar-refractivity contribution in [3.8, 4) is 11.5 Å². The lowest BCUT2D eigenvalue weighted by Crippen LogP contribution is -1.99. The summed E-state index contributed by atoms with van der Waals surface area (Å²) in [6.07, 6.45) is 0.870. The van der Waals surface area contributed by atoms with Crippen LogP contribution in [-0.4, -0.2) is 14.2 Å². The minimum absolute atomic E-state index is 0.192. The molecule has 1 atom stereocenters. The van der Waals surface area contributed by atoms with Crippen LogP contribution in [0.15, 0.2) is 46.9 Å². The van der Waals surface area contributed by atoms with Gasteiger partial charge in [0.05, 0.1) is 14.2 Å². The summed E-state index contributed by atoms with van der Waals surface area (Å²) in [5.74, 6) is 1.76. The van der Waals surface area contributed by atoms with Crippen LogP contribution in [-0.2, 0) is 6.42 Å². The third-order valence-corrected chi connectivity index (χ3v) is 4.39. The van der Waals surface area contributed by atoms with Crippen LogP contribution in [0.1, 0.15) is 16.0 Å². The molecule has 0 aliphatic heterocycles. The molecule has 0 spiro atoms. The van der Waals surface area contributed by atoms with E-state index in [0.29, 0.717) is 0 Å². The molecule has 0 fully saturated rings. The van der Waals surface area contributed by atoms with Gasteiger partial charge in [-0.1, -0.05) is 50.1 Å². The van der Waals surface area contributed by atoms with Crippen molar-refractivity contribution in [2.24, 2.45) is 0 Å². The van der Waals surface area contributed by atoms with Gasteiger partial charge in [0.15, 0.2) is 0 Å². The van der Waals surface area contributed by atoms with Crippen LogP contribution in [0.3, 0.4) is 0 Å². The van der Waals surface area contributed by atoms with Crippen molar-refractivity contribution in [1.82, 2.24) is 0 Å². The normalized spacial score (nSPS) is 12.0. The average molecular weight is 400 g/mol. The highest BCUT2D eigenvalue weighted by molar-refractivity contribution is 9.10. The Kier molecular flexibility index (Phi) is 5.49. The Morgan fingerprint density at radius 1 is 1.05 bits per heavy atom. The van der Waals surface area contributed by atoms with Crippen LogP contribution in [0.2, 0.25) is 0 Å². The third kappa shape index (κ3) is 3.76. The summed E-state index contributed by atoms with van der Waals surface area (Å²) in [4.78, 5) is 0.192.